The fraction of sp³-hybridized carbons (Fsp3) is 0.0500. The van der Waals surface area contributed by atoms with E-state index in [9.17, 15) is 10.3 Å². The maximum Gasteiger partial charge on any atom is 0.331 e. The number of benzene rings is 3. The first-order valence-electron chi connectivity index (χ1n) is 7.77. The predicted molar refractivity (Wildman–Crippen MR) is 93.0 cm³/mol. The average molecular weight is 317 g/mol. The molecule has 0 aliphatic heterocycles. The van der Waals surface area contributed by atoms with Gasteiger partial charge in [0.2, 0.25) is 0 Å². The van der Waals surface area contributed by atoms with E-state index in [0.29, 0.717) is 17.1 Å². The van der Waals surface area contributed by atoms with Crippen molar-refractivity contribution in [2.45, 2.75) is 6.92 Å². The molecule has 3 N–H and O–H groups in total. The van der Waals surface area contributed by atoms with Gasteiger partial charge in [0, 0.05) is 17.9 Å². The van der Waals surface area contributed by atoms with Crippen LogP contribution in [-0.2, 0) is 0 Å². The minimum atomic E-state index is 0.123. The maximum absolute atomic E-state index is 10.6. The Morgan fingerprint density at radius 2 is 1.58 bits per heavy atom. The molecule has 0 fully saturated rings. The molecule has 0 aliphatic rings. The molecule has 0 amide bonds. The third-order valence-corrected chi connectivity index (χ3v) is 4.34. The number of nitrogens with one attached hydrogen (secondary N) is 1. The van der Waals surface area contributed by atoms with Crippen LogP contribution < -0.4 is 4.73 Å². The summed E-state index contributed by atoms with van der Waals surface area (Å²) >= 11 is 0. The topological polar surface area (TPSA) is 60.1 Å². The number of aromatic hydroxyl groups is 1. The van der Waals surface area contributed by atoms with E-state index < -0.39 is 0 Å². The van der Waals surface area contributed by atoms with Crippen molar-refractivity contribution in [3.63, 3.8) is 0 Å². The Morgan fingerprint density at radius 1 is 0.875 bits per heavy atom. The van der Waals surface area contributed by atoms with Gasteiger partial charge in [0.25, 0.3) is 0 Å². The number of aromatic nitrogens is 2. The van der Waals surface area contributed by atoms with Crippen LogP contribution in [0.15, 0.2) is 66.7 Å². The molecule has 0 spiro atoms. The van der Waals surface area contributed by atoms with Gasteiger partial charge >= 0.3 is 5.82 Å². The van der Waals surface area contributed by atoms with Crippen molar-refractivity contribution in [1.29, 1.82) is 0 Å². The van der Waals surface area contributed by atoms with E-state index in [1.807, 2.05) is 67.6 Å². The Kier molecular flexibility index (Phi) is 3.24. The number of aromatic amines is 1. The summed E-state index contributed by atoms with van der Waals surface area (Å²) in [4.78, 5) is 3.27. The number of H-pyrrole nitrogens is 1. The molecule has 3 aromatic carbocycles. The van der Waals surface area contributed by atoms with E-state index in [1.165, 1.54) is 0 Å². The molecule has 118 valence electrons. The van der Waals surface area contributed by atoms with Crippen LogP contribution in [0.3, 0.4) is 0 Å². The lowest BCUT2D eigenvalue weighted by Crippen LogP contribution is -2.33. The zero-order chi connectivity index (χ0) is 16.7. The molecule has 0 radical (unpaired) electrons. The third-order valence-electron chi connectivity index (χ3n) is 4.34. The van der Waals surface area contributed by atoms with Crippen molar-refractivity contribution in [3.05, 3.63) is 72.4 Å². The van der Waals surface area contributed by atoms with E-state index in [2.05, 4.69) is 4.98 Å². The first-order valence-corrected chi connectivity index (χ1v) is 7.77. The van der Waals surface area contributed by atoms with E-state index in [4.69, 9.17) is 0 Å². The molecule has 0 saturated heterocycles. The van der Waals surface area contributed by atoms with Gasteiger partial charge in [0.1, 0.15) is 11.3 Å². The van der Waals surface area contributed by atoms with Crippen molar-refractivity contribution in [1.82, 2.24) is 4.98 Å². The fourth-order valence-electron chi connectivity index (χ4n) is 3.10. The second kappa shape index (κ2) is 5.42. The summed E-state index contributed by atoms with van der Waals surface area (Å²) in [6.45, 7) is 1.84. The summed E-state index contributed by atoms with van der Waals surface area (Å²) in [6, 6.07) is 21.1. The number of hydrogen-bond donors (Lipinski definition) is 3. The Bertz CT molecular complexity index is 1040. The summed E-state index contributed by atoms with van der Waals surface area (Å²) in [5.41, 5.74) is 3.06. The van der Waals surface area contributed by atoms with Gasteiger partial charge in [0.05, 0.1) is 0 Å². The molecule has 1 heterocycles. The summed E-state index contributed by atoms with van der Waals surface area (Å²) < 4.78 is 1.10. The van der Waals surface area contributed by atoms with E-state index in [-0.39, 0.29) is 5.75 Å². The average Bonchev–Trinajstić information content (AvgIpc) is 2.91. The highest BCUT2D eigenvalue weighted by Crippen LogP contribution is 2.35. The molecule has 24 heavy (non-hydrogen) atoms. The lowest BCUT2D eigenvalue weighted by atomic mass is 10.0. The molecule has 0 bridgehead atoms. The minimum Gasteiger partial charge on any atom is -0.507 e. The zero-order valence-electron chi connectivity index (χ0n) is 13.2. The number of nitrogens with zero attached hydrogens (tertiary/aromatic N) is 1. The molecule has 0 aliphatic carbocycles. The van der Waals surface area contributed by atoms with E-state index in [1.54, 1.807) is 6.07 Å². The van der Waals surface area contributed by atoms with Crippen molar-refractivity contribution in [2.24, 2.45) is 0 Å². The summed E-state index contributed by atoms with van der Waals surface area (Å²) in [7, 11) is 0. The smallest absolute Gasteiger partial charge is 0.331 e. The SMILES string of the molecule is Cc1c(-c2ccccc2)[nH]c(-c2c(O)ccc3ccccc23)[n+]1O. The van der Waals surface area contributed by atoms with Crippen molar-refractivity contribution in [3.8, 4) is 28.4 Å². The Balaban J connectivity index is 2.01. The number of fused-ring (bicyclic) bond motifs is 1. The Hall–Kier alpha value is -3.27. The third kappa shape index (κ3) is 2.12. The molecular formula is C20H17N2O2+. The Labute approximate surface area is 139 Å². The largest absolute Gasteiger partial charge is 0.507 e. The van der Waals surface area contributed by atoms with Crippen LogP contribution in [0.1, 0.15) is 5.69 Å². The predicted octanol–water partition coefficient (Wildman–Crippen LogP) is 4.04. The van der Waals surface area contributed by atoms with Gasteiger partial charge in [-0.15, -0.1) is 0 Å². The maximum atomic E-state index is 10.6. The first-order chi connectivity index (χ1) is 11.7. The van der Waals surface area contributed by atoms with Crippen LogP contribution in [0.2, 0.25) is 0 Å². The van der Waals surface area contributed by atoms with Crippen LogP contribution in [-0.4, -0.2) is 15.3 Å². The lowest BCUT2D eigenvalue weighted by molar-refractivity contribution is -0.898. The molecular weight excluding hydrogens is 300 g/mol. The first kappa shape index (κ1) is 14.3. The monoisotopic (exact) mass is 317 g/mol. The molecule has 0 saturated carbocycles. The van der Waals surface area contributed by atoms with Gasteiger partial charge in [-0.3, -0.25) is 0 Å². The van der Waals surface area contributed by atoms with Crippen LogP contribution in [0.5, 0.6) is 5.75 Å². The number of imidazole rings is 1. The number of hydrogen-bond acceptors (Lipinski definition) is 2. The molecule has 1 aromatic heterocycles. The van der Waals surface area contributed by atoms with E-state index in [0.717, 1.165) is 26.8 Å². The van der Waals surface area contributed by atoms with Gasteiger partial charge < -0.3 is 10.3 Å². The normalized spacial score (nSPS) is 11.0. The van der Waals surface area contributed by atoms with E-state index >= 15 is 0 Å². The van der Waals surface area contributed by atoms with Crippen molar-refractivity contribution in [2.75, 3.05) is 0 Å². The second-order valence-corrected chi connectivity index (χ2v) is 5.79. The lowest BCUT2D eigenvalue weighted by Gasteiger charge is -2.04. The van der Waals surface area contributed by atoms with Crippen molar-refractivity contribution < 1.29 is 15.0 Å². The van der Waals surface area contributed by atoms with Gasteiger partial charge in [-0.1, -0.05) is 60.7 Å². The van der Waals surface area contributed by atoms with Crippen LogP contribution in [0, 0.1) is 6.92 Å². The van der Waals surface area contributed by atoms with Crippen molar-refractivity contribution >= 4 is 10.8 Å². The van der Waals surface area contributed by atoms with Crippen LogP contribution in [0.4, 0.5) is 0 Å². The van der Waals surface area contributed by atoms with Gasteiger partial charge in [-0.2, -0.15) is 0 Å². The summed E-state index contributed by atoms with van der Waals surface area (Å²) in [5, 5.41) is 22.9. The number of rotatable bonds is 2. The van der Waals surface area contributed by atoms with Crippen LogP contribution >= 0.6 is 0 Å². The van der Waals surface area contributed by atoms with Gasteiger partial charge in [-0.25, -0.2) is 4.98 Å². The second-order valence-electron chi connectivity index (χ2n) is 5.79. The number of phenolic OH excluding ortho intramolecular Hbond substituents is 1. The van der Waals surface area contributed by atoms with Gasteiger partial charge in [0.15, 0.2) is 11.4 Å². The minimum absolute atomic E-state index is 0.123. The highest BCUT2D eigenvalue weighted by Gasteiger charge is 2.27. The highest BCUT2D eigenvalue weighted by molar-refractivity contribution is 5.97. The van der Waals surface area contributed by atoms with Gasteiger partial charge in [-0.05, 0) is 16.2 Å². The molecule has 0 unspecified atom stereocenters. The summed E-state index contributed by atoms with van der Waals surface area (Å²) in [6.07, 6.45) is 0. The zero-order valence-corrected chi connectivity index (χ0v) is 13.2. The quantitative estimate of drug-likeness (QED) is 0.386. The molecule has 4 nitrogen and oxygen atoms in total. The molecule has 0 atom stereocenters. The fourth-order valence-corrected chi connectivity index (χ4v) is 3.10. The summed E-state index contributed by atoms with van der Waals surface area (Å²) in [5.74, 6) is 0.581. The molecule has 4 heteroatoms. The molecule has 4 aromatic rings. The molecule has 4 rings (SSSR count). The highest BCUT2D eigenvalue weighted by atomic mass is 16.5. The standard InChI is InChI=1S/C20H16N2O2/c1-13-19(15-8-3-2-4-9-15)21-20(22(13)24)18-16-10-6-5-7-14(16)11-12-17(18)23/h2-12,24H,1H3,(H,21,23)/p+1. The van der Waals surface area contributed by atoms with Crippen LogP contribution in [0.25, 0.3) is 33.4 Å². The number of phenols is 1. The Morgan fingerprint density at radius 3 is 2.38 bits per heavy atom.